The largest absolute Gasteiger partial charge is 0.497 e. The normalized spacial score (nSPS) is 11.0. The monoisotopic (exact) mass is 378 g/mol. The lowest BCUT2D eigenvalue weighted by Crippen LogP contribution is -2.15. The van der Waals surface area contributed by atoms with Gasteiger partial charge in [0.1, 0.15) is 5.75 Å². The molecule has 0 aromatic heterocycles. The van der Waals surface area contributed by atoms with Crippen LogP contribution in [0.5, 0.6) is 5.75 Å². The summed E-state index contributed by atoms with van der Waals surface area (Å²) < 4.78 is 37.5. The minimum Gasteiger partial charge on any atom is -0.497 e. The Kier molecular flexibility index (Phi) is 6.99. The Morgan fingerprint density at radius 3 is 2.42 bits per heavy atom. The third kappa shape index (κ3) is 5.75. The van der Waals surface area contributed by atoms with Crippen molar-refractivity contribution >= 4 is 27.3 Å². The van der Waals surface area contributed by atoms with E-state index in [4.69, 9.17) is 9.47 Å². The van der Waals surface area contributed by atoms with Gasteiger partial charge in [-0.25, -0.2) is 8.42 Å². The molecule has 2 aromatic carbocycles. The number of sulfonamides is 1. The van der Waals surface area contributed by atoms with Crippen molar-refractivity contribution in [2.45, 2.75) is 17.7 Å². The van der Waals surface area contributed by atoms with Crippen molar-refractivity contribution in [3.05, 3.63) is 48.5 Å². The molecule has 1 amide bonds. The van der Waals surface area contributed by atoms with Gasteiger partial charge in [-0.3, -0.25) is 9.52 Å². The molecule has 0 unspecified atom stereocenters. The van der Waals surface area contributed by atoms with Crippen LogP contribution in [-0.4, -0.2) is 35.2 Å². The number of methoxy groups -OCH3 is 2. The van der Waals surface area contributed by atoms with Gasteiger partial charge in [-0.1, -0.05) is 6.07 Å². The number of rotatable bonds is 9. The number of carbonyl (C=O) groups excluding carboxylic acids is 1. The summed E-state index contributed by atoms with van der Waals surface area (Å²) in [6.45, 7) is 0.494. The molecule has 2 aromatic rings. The third-order valence-corrected chi connectivity index (χ3v) is 4.90. The highest BCUT2D eigenvalue weighted by atomic mass is 32.2. The number of benzene rings is 2. The molecule has 7 nitrogen and oxygen atoms in total. The van der Waals surface area contributed by atoms with E-state index in [1.165, 1.54) is 19.2 Å². The first-order valence-electron chi connectivity index (χ1n) is 8.00. The molecule has 0 saturated carbocycles. The molecule has 0 bridgehead atoms. The lowest BCUT2D eigenvalue weighted by Gasteiger charge is -2.11. The highest BCUT2D eigenvalue weighted by molar-refractivity contribution is 7.92. The Balaban J connectivity index is 2.08. The van der Waals surface area contributed by atoms with Crippen LogP contribution in [0.2, 0.25) is 0 Å². The highest BCUT2D eigenvalue weighted by Crippen LogP contribution is 2.21. The number of hydrogen-bond donors (Lipinski definition) is 2. The van der Waals surface area contributed by atoms with Crippen LogP contribution in [-0.2, 0) is 19.6 Å². The Morgan fingerprint density at radius 2 is 1.77 bits per heavy atom. The summed E-state index contributed by atoms with van der Waals surface area (Å²) in [7, 11) is -0.667. The van der Waals surface area contributed by atoms with Crippen LogP contribution in [0.1, 0.15) is 12.8 Å². The van der Waals surface area contributed by atoms with Crippen molar-refractivity contribution in [3.8, 4) is 5.75 Å². The van der Waals surface area contributed by atoms with E-state index in [9.17, 15) is 13.2 Å². The van der Waals surface area contributed by atoms with Gasteiger partial charge >= 0.3 is 0 Å². The van der Waals surface area contributed by atoms with E-state index >= 15 is 0 Å². The maximum Gasteiger partial charge on any atom is 0.261 e. The molecule has 0 saturated heterocycles. The molecule has 0 fully saturated rings. The van der Waals surface area contributed by atoms with E-state index in [1.807, 2.05) is 0 Å². The van der Waals surface area contributed by atoms with Gasteiger partial charge in [0.25, 0.3) is 10.0 Å². The van der Waals surface area contributed by atoms with Gasteiger partial charge < -0.3 is 14.8 Å². The average molecular weight is 378 g/mol. The molecular weight excluding hydrogens is 356 g/mol. The zero-order valence-electron chi connectivity index (χ0n) is 14.7. The van der Waals surface area contributed by atoms with E-state index < -0.39 is 10.0 Å². The van der Waals surface area contributed by atoms with Crippen molar-refractivity contribution < 1.29 is 22.7 Å². The topological polar surface area (TPSA) is 93.7 Å². The molecule has 0 spiro atoms. The van der Waals surface area contributed by atoms with Gasteiger partial charge in [0, 0.05) is 31.5 Å². The fourth-order valence-corrected chi connectivity index (χ4v) is 3.32. The van der Waals surface area contributed by atoms with Gasteiger partial charge in [0.05, 0.1) is 12.0 Å². The molecule has 26 heavy (non-hydrogen) atoms. The number of carbonyl (C=O) groups is 1. The first kappa shape index (κ1) is 19.7. The van der Waals surface area contributed by atoms with E-state index in [0.717, 1.165) is 0 Å². The van der Waals surface area contributed by atoms with Crippen molar-refractivity contribution in [1.82, 2.24) is 0 Å². The number of hydrogen-bond acceptors (Lipinski definition) is 5. The van der Waals surface area contributed by atoms with E-state index in [-0.39, 0.29) is 10.8 Å². The zero-order valence-corrected chi connectivity index (χ0v) is 15.5. The zero-order chi connectivity index (χ0) is 19.0. The summed E-state index contributed by atoms with van der Waals surface area (Å²) in [5.41, 5.74) is 0.838. The van der Waals surface area contributed by atoms with Gasteiger partial charge in [-0.05, 0) is 48.9 Å². The first-order chi connectivity index (χ1) is 12.4. The van der Waals surface area contributed by atoms with Crippen molar-refractivity contribution in [2.75, 3.05) is 30.9 Å². The Hall–Kier alpha value is -2.58. The van der Waals surface area contributed by atoms with Crippen molar-refractivity contribution in [2.24, 2.45) is 0 Å². The van der Waals surface area contributed by atoms with Gasteiger partial charge in [-0.2, -0.15) is 0 Å². The molecule has 0 heterocycles. The Morgan fingerprint density at radius 1 is 1.04 bits per heavy atom. The molecule has 0 radical (unpaired) electrons. The predicted molar refractivity (Wildman–Crippen MR) is 100.0 cm³/mol. The number of amides is 1. The first-order valence-corrected chi connectivity index (χ1v) is 9.48. The van der Waals surface area contributed by atoms with Crippen LogP contribution in [0.3, 0.4) is 0 Å². The maximum absolute atomic E-state index is 12.5. The van der Waals surface area contributed by atoms with Crippen LogP contribution in [0, 0.1) is 0 Å². The quantitative estimate of drug-likeness (QED) is 0.655. The molecule has 140 valence electrons. The maximum atomic E-state index is 12.5. The summed E-state index contributed by atoms with van der Waals surface area (Å²) in [4.78, 5) is 11.9. The summed E-state index contributed by atoms with van der Waals surface area (Å²) in [6, 6.07) is 12.6. The molecule has 0 aliphatic heterocycles. The highest BCUT2D eigenvalue weighted by Gasteiger charge is 2.15. The van der Waals surface area contributed by atoms with Gasteiger partial charge in [-0.15, -0.1) is 0 Å². The standard InChI is InChI=1S/C18H22N2O5S/c1-24-12-4-7-18(21)19-15-5-3-6-17(13-15)26(22,23)20-14-8-10-16(25-2)11-9-14/h3,5-6,8-11,13,20H,4,7,12H2,1-2H3,(H,19,21). The molecule has 0 aliphatic carbocycles. The molecule has 2 rings (SSSR count). The lowest BCUT2D eigenvalue weighted by atomic mass is 10.2. The summed E-state index contributed by atoms with van der Waals surface area (Å²) >= 11 is 0. The molecular formula is C18H22N2O5S. The van der Waals surface area contributed by atoms with Gasteiger partial charge in [0.2, 0.25) is 5.91 Å². The van der Waals surface area contributed by atoms with Gasteiger partial charge in [0.15, 0.2) is 0 Å². The Labute approximate surface area is 153 Å². The second kappa shape index (κ2) is 9.21. The minimum atomic E-state index is -3.77. The SMILES string of the molecule is COCCCC(=O)Nc1cccc(S(=O)(=O)Nc2ccc(OC)cc2)c1. The molecule has 0 aliphatic rings. The average Bonchev–Trinajstić information content (AvgIpc) is 2.62. The fraction of sp³-hybridized carbons (Fsp3) is 0.278. The number of ether oxygens (including phenoxy) is 2. The number of anilines is 2. The fourth-order valence-electron chi connectivity index (χ4n) is 2.21. The van der Waals surface area contributed by atoms with Crippen LogP contribution in [0.25, 0.3) is 0 Å². The second-order valence-corrected chi connectivity index (χ2v) is 7.19. The van der Waals surface area contributed by atoms with Crippen LogP contribution in [0.15, 0.2) is 53.4 Å². The van der Waals surface area contributed by atoms with Crippen molar-refractivity contribution in [3.63, 3.8) is 0 Å². The Bertz CT molecular complexity index is 835. The van der Waals surface area contributed by atoms with E-state index in [0.29, 0.717) is 36.6 Å². The predicted octanol–water partition coefficient (Wildman–Crippen LogP) is 2.86. The van der Waals surface area contributed by atoms with Crippen LogP contribution in [0.4, 0.5) is 11.4 Å². The molecule has 2 N–H and O–H groups in total. The molecule has 0 atom stereocenters. The van der Waals surface area contributed by atoms with Crippen LogP contribution < -0.4 is 14.8 Å². The smallest absolute Gasteiger partial charge is 0.261 e. The lowest BCUT2D eigenvalue weighted by molar-refractivity contribution is -0.116. The third-order valence-electron chi connectivity index (χ3n) is 3.52. The summed E-state index contributed by atoms with van der Waals surface area (Å²) in [5, 5.41) is 2.69. The number of nitrogens with one attached hydrogen (secondary N) is 2. The molecule has 8 heteroatoms. The second-order valence-electron chi connectivity index (χ2n) is 5.51. The van der Waals surface area contributed by atoms with Crippen molar-refractivity contribution in [1.29, 1.82) is 0 Å². The summed E-state index contributed by atoms with van der Waals surface area (Å²) in [5.74, 6) is 0.436. The minimum absolute atomic E-state index is 0.0583. The van der Waals surface area contributed by atoms with Crippen LogP contribution >= 0.6 is 0 Å². The van der Waals surface area contributed by atoms with E-state index in [2.05, 4.69) is 10.0 Å². The summed E-state index contributed by atoms with van der Waals surface area (Å²) in [6.07, 6.45) is 0.897. The van der Waals surface area contributed by atoms with E-state index in [1.54, 1.807) is 43.5 Å².